The van der Waals surface area contributed by atoms with Crippen LogP contribution >= 0.6 is 0 Å². The molecule has 9 heteroatoms. The molecule has 0 atom stereocenters. The summed E-state index contributed by atoms with van der Waals surface area (Å²) in [4.78, 5) is 24.0. The van der Waals surface area contributed by atoms with Gasteiger partial charge in [0.05, 0.1) is 25.4 Å². The van der Waals surface area contributed by atoms with Crippen LogP contribution in [0.1, 0.15) is 64.4 Å². The van der Waals surface area contributed by atoms with E-state index in [9.17, 15) is 9.59 Å². The van der Waals surface area contributed by atoms with Crippen LogP contribution in [0.3, 0.4) is 0 Å². The summed E-state index contributed by atoms with van der Waals surface area (Å²) >= 11 is 0. The van der Waals surface area contributed by atoms with Crippen molar-refractivity contribution < 1.29 is 33.1 Å². The van der Waals surface area contributed by atoms with Gasteiger partial charge in [-0.25, -0.2) is 4.79 Å². The maximum absolute atomic E-state index is 12.3. The summed E-state index contributed by atoms with van der Waals surface area (Å²) in [5, 5.41) is 2.75. The third-order valence-electron chi connectivity index (χ3n) is 5.45. The topological polar surface area (TPSA) is 92.3 Å². The molecule has 1 heterocycles. The van der Waals surface area contributed by atoms with Gasteiger partial charge in [-0.2, -0.15) is 0 Å². The molecule has 1 saturated heterocycles. The number of amides is 1. The molecule has 1 aliphatic heterocycles. The van der Waals surface area contributed by atoms with Gasteiger partial charge in [-0.3, -0.25) is 4.79 Å². The highest BCUT2D eigenvalue weighted by Crippen LogP contribution is 2.39. The number of benzene rings is 1. The van der Waals surface area contributed by atoms with Gasteiger partial charge in [-0.1, -0.05) is 6.08 Å². The van der Waals surface area contributed by atoms with Crippen molar-refractivity contribution in [2.24, 2.45) is 0 Å². The fourth-order valence-corrected chi connectivity index (χ4v) is 3.02. The number of methoxy groups -OCH3 is 2. The fraction of sp³-hybridized carbons (Fsp3) is 0.565. The Labute approximate surface area is 190 Å². The summed E-state index contributed by atoms with van der Waals surface area (Å²) in [5.74, 6) is 0.911. The molecule has 8 nitrogen and oxygen atoms in total. The number of rotatable bonds is 7. The lowest BCUT2D eigenvalue weighted by molar-refractivity contribution is 0.00578. The van der Waals surface area contributed by atoms with Gasteiger partial charge in [-0.05, 0) is 71.6 Å². The molecule has 0 aromatic heterocycles. The van der Waals surface area contributed by atoms with Gasteiger partial charge in [0.25, 0.3) is 0 Å². The van der Waals surface area contributed by atoms with Crippen LogP contribution in [0.4, 0.5) is 4.79 Å². The molecule has 0 radical (unpaired) electrons. The van der Waals surface area contributed by atoms with Gasteiger partial charge >= 0.3 is 13.2 Å². The van der Waals surface area contributed by atoms with E-state index in [1.807, 2.05) is 27.7 Å². The average Bonchev–Trinajstić information content (AvgIpc) is 2.90. The Kier molecular flexibility index (Phi) is 7.68. The molecule has 1 aliphatic rings. The molecular formula is C23H34BNO7. The Morgan fingerprint density at radius 2 is 1.53 bits per heavy atom. The molecule has 176 valence electrons. The van der Waals surface area contributed by atoms with Gasteiger partial charge in [0.15, 0.2) is 17.8 Å². The van der Waals surface area contributed by atoms with E-state index in [4.69, 9.17) is 23.5 Å². The second kappa shape index (κ2) is 9.54. The number of carbonyl (C=O) groups excluding carboxylic acids is 2. The predicted molar refractivity (Wildman–Crippen MR) is 123 cm³/mol. The zero-order chi connectivity index (χ0) is 24.3. The molecule has 1 aromatic carbocycles. The highest BCUT2D eigenvalue weighted by atomic mass is 16.7. The van der Waals surface area contributed by atoms with Gasteiger partial charge in [-0.15, -0.1) is 0 Å². The van der Waals surface area contributed by atoms with Gasteiger partial charge in [0.1, 0.15) is 5.60 Å². The summed E-state index contributed by atoms with van der Waals surface area (Å²) in [6.45, 7) is 13.2. The zero-order valence-corrected chi connectivity index (χ0v) is 20.5. The van der Waals surface area contributed by atoms with Crippen LogP contribution < -0.4 is 14.8 Å². The SMILES string of the molecule is COc1cc(C=O)c(C=C(CNC(=O)OC(C)(C)C)B2OC(C)(C)C(C)(C)O2)cc1OC. The second-order valence-corrected chi connectivity index (χ2v) is 9.62. The summed E-state index contributed by atoms with van der Waals surface area (Å²) in [6, 6.07) is 3.29. The van der Waals surface area contributed by atoms with E-state index in [-0.39, 0.29) is 6.54 Å². The van der Waals surface area contributed by atoms with E-state index in [0.29, 0.717) is 28.1 Å². The molecule has 0 saturated carbocycles. The molecule has 0 unspecified atom stereocenters. The van der Waals surface area contributed by atoms with Crippen molar-refractivity contribution in [1.29, 1.82) is 0 Å². The second-order valence-electron chi connectivity index (χ2n) is 9.62. The lowest BCUT2D eigenvalue weighted by atomic mass is 9.76. The normalized spacial score (nSPS) is 17.7. The predicted octanol–water partition coefficient (Wildman–Crippen LogP) is 4.06. The van der Waals surface area contributed by atoms with Crippen LogP contribution in [0.25, 0.3) is 6.08 Å². The lowest BCUT2D eigenvalue weighted by Crippen LogP contribution is -2.41. The minimum absolute atomic E-state index is 0.0956. The summed E-state index contributed by atoms with van der Waals surface area (Å²) in [7, 11) is 2.29. The van der Waals surface area contributed by atoms with E-state index in [1.165, 1.54) is 14.2 Å². The maximum Gasteiger partial charge on any atom is 0.492 e. The van der Waals surface area contributed by atoms with Crippen molar-refractivity contribution in [1.82, 2.24) is 5.32 Å². The van der Waals surface area contributed by atoms with Crippen molar-refractivity contribution in [3.8, 4) is 11.5 Å². The largest absolute Gasteiger partial charge is 0.493 e. The van der Waals surface area contributed by atoms with E-state index >= 15 is 0 Å². The van der Waals surface area contributed by atoms with Crippen LogP contribution in [0.5, 0.6) is 11.5 Å². The molecule has 1 fully saturated rings. The molecule has 0 aliphatic carbocycles. The van der Waals surface area contributed by atoms with E-state index in [2.05, 4.69) is 5.32 Å². The van der Waals surface area contributed by atoms with E-state index in [0.717, 1.165) is 6.29 Å². The Morgan fingerprint density at radius 1 is 1.03 bits per heavy atom. The Hall–Kier alpha value is -2.52. The molecule has 32 heavy (non-hydrogen) atoms. The Morgan fingerprint density at radius 3 is 1.97 bits per heavy atom. The number of alkyl carbamates (subject to hydrolysis) is 1. The van der Waals surface area contributed by atoms with Crippen LogP contribution in [-0.2, 0) is 14.0 Å². The third-order valence-corrected chi connectivity index (χ3v) is 5.45. The van der Waals surface area contributed by atoms with Gasteiger partial charge < -0.3 is 28.8 Å². The third kappa shape index (κ3) is 6.04. The zero-order valence-electron chi connectivity index (χ0n) is 20.5. The first-order valence-electron chi connectivity index (χ1n) is 10.5. The molecule has 0 spiro atoms. The quantitative estimate of drug-likeness (QED) is 0.498. The van der Waals surface area contributed by atoms with E-state index in [1.54, 1.807) is 39.0 Å². The molecule has 2 rings (SSSR count). The van der Waals surface area contributed by atoms with Crippen LogP contribution in [0.2, 0.25) is 0 Å². The number of hydrogen-bond acceptors (Lipinski definition) is 7. The Balaban J connectivity index is 2.46. The van der Waals surface area contributed by atoms with Crippen molar-refractivity contribution in [3.05, 3.63) is 28.7 Å². The van der Waals surface area contributed by atoms with E-state index < -0.39 is 30.0 Å². The van der Waals surface area contributed by atoms with Crippen molar-refractivity contribution >= 4 is 25.6 Å². The summed E-state index contributed by atoms with van der Waals surface area (Å²) < 4.78 is 28.4. The fourth-order valence-electron chi connectivity index (χ4n) is 3.02. The first-order valence-corrected chi connectivity index (χ1v) is 10.5. The molecule has 0 bridgehead atoms. The first kappa shape index (κ1) is 25.7. The van der Waals surface area contributed by atoms with Crippen molar-refractivity contribution in [2.75, 3.05) is 20.8 Å². The Bertz CT molecular complexity index is 871. The van der Waals surface area contributed by atoms with Crippen LogP contribution in [-0.4, -0.2) is 57.1 Å². The number of hydrogen-bond donors (Lipinski definition) is 1. The highest BCUT2D eigenvalue weighted by Gasteiger charge is 2.52. The lowest BCUT2D eigenvalue weighted by Gasteiger charge is -2.32. The molecule has 1 amide bonds. The average molecular weight is 447 g/mol. The van der Waals surface area contributed by atoms with Crippen LogP contribution in [0.15, 0.2) is 17.6 Å². The standard InChI is InChI=1S/C23H34BNO7/c1-21(2,3)30-20(27)25-13-17(24-31-22(4,5)23(6,7)32-24)10-15-11-18(28-8)19(29-9)12-16(15)14-26/h10-12,14H,13H2,1-9H3,(H,25,27). The van der Waals surface area contributed by atoms with Gasteiger partial charge in [0.2, 0.25) is 0 Å². The smallest absolute Gasteiger partial charge is 0.492 e. The maximum atomic E-state index is 12.3. The van der Waals surface area contributed by atoms with Crippen LogP contribution in [0, 0.1) is 0 Å². The first-order chi connectivity index (χ1) is 14.7. The minimum Gasteiger partial charge on any atom is -0.493 e. The van der Waals surface area contributed by atoms with Crippen molar-refractivity contribution in [3.63, 3.8) is 0 Å². The number of ether oxygens (including phenoxy) is 3. The number of nitrogens with one attached hydrogen (secondary N) is 1. The summed E-state index contributed by atoms with van der Waals surface area (Å²) in [5.41, 5.74) is -0.194. The minimum atomic E-state index is -0.734. The molecular weight excluding hydrogens is 413 g/mol. The molecule has 1 N–H and O–H groups in total. The van der Waals surface area contributed by atoms with Crippen molar-refractivity contribution in [2.45, 2.75) is 65.3 Å². The molecule has 1 aromatic rings. The van der Waals surface area contributed by atoms with Gasteiger partial charge in [0, 0.05) is 12.1 Å². The monoisotopic (exact) mass is 447 g/mol. The highest BCUT2D eigenvalue weighted by molar-refractivity contribution is 6.56. The number of carbonyl (C=O) groups is 2. The summed E-state index contributed by atoms with van der Waals surface area (Å²) in [6.07, 6.45) is 1.92. The number of aldehydes is 1.